The van der Waals surface area contributed by atoms with E-state index in [1.54, 1.807) is 0 Å². The van der Waals surface area contributed by atoms with Crippen molar-refractivity contribution in [3.8, 4) is 28.6 Å². The van der Waals surface area contributed by atoms with Crippen molar-refractivity contribution in [1.29, 1.82) is 0 Å². The number of para-hydroxylation sites is 2. The number of hydrogen-bond acceptors (Lipinski definition) is 4. The number of ether oxygens (including phenoxy) is 2. The third-order valence-corrected chi connectivity index (χ3v) is 5.29. The summed E-state index contributed by atoms with van der Waals surface area (Å²) in [6, 6.07) is 23.7. The standard InChI is InChI=1S/C23H20BrN3O2S/c1-2-28-21-9-4-3-8-20(21)27-22(25-26-23(27)30)17-7-5-6-16(14-17)15-29-19-12-10-18(24)11-13-19/h3-14H,2,15H2,1H3,(H,26,30). The van der Waals surface area contributed by atoms with Gasteiger partial charge in [0.1, 0.15) is 18.1 Å². The van der Waals surface area contributed by atoms with Crippen LogP contribution in [0.4, 0.5) is 0 Å². The molecular weight excluding hydrogens is 462 g/mol. The molecule has 0 fully saturated rings. The average Bonchev–Trinajstić information content (AvgIpc) is 3.15. The molecule has 4 rings (SSSR count). The maximum Gasteiger partial charge on any atom is 0.200 e. The lowest BCUT2D eigenvalue weighted by Crippen LogP contribution is -2.03. The summed E-state index contributed by atoms with van der Waals surface area (Å²) >= 11 is 8.95. The monoisotopic (exact) mass is 481 g/mol. The number of rotatable bonds is 7. The summed E-state index contributed by atoms with van der Waals surface area (Å²) < 4.78 is 15.1. The number of aromatic amines is 1. The van der Waals surface area contributed by atoms with E-state index in [2.05, 4.69) is 32.2 Å². The molecular formula is C23H20BrN3O2S. The molecule has 1 aromatic heterocycles. The summed E-state index contributed by atoms with van der Waals surface area (Å²) in [6.45, 7) is 2.98. The molecule has 5 nitrogen and oxygen atoms in total. The molecule has 0 unspecified atom stereocenters. The first-order valence-electron chi connectivity index (χ1n) is 9.53. The Balaban J connectivity index is 1.65. The predicted molar refractivity (Wildman–Crippen MR) is 124 cm³/mol. The fourth-order valence-electron chi connectivity index (χ4n) is 3.13. The van der Waals surface area contributed by atoms with Crippen LogP contribution in [0.25, 0.3) is 17.1 Å². The van der Waals surface area contributed by atoms with Gasteiger partial charge >= 0.3 is 0 Å². The Morgan fingerprint density at radius 1 is 1.00 bits per heavy atom. The lowest BCUT2D eigenvalue weighted by atomic mass is 10.1. The van der Waals surface area contributed by atoms with Gasteiger partial charge in [-0.15, -0.1) is 0 Å². The smallest absolute Gasteiger partial charge is 0.200 e. The van der Waals surface area contributed by atoms with Crippen molar-refractivity contribution in [2.45, 2.75) is 13.5 Å². The molecule has 7 heteroatoms. The lowest BCUT2D eigenvalue weighted by Gasteiger charge is -2.13. The topological polar surface area (TPSA) is 52.1 Å². The first-order chi connectivity index (χ1) is 14.7. The van der Waals surface area contributed by atoms with E-state index in [1.807, 2.05) is 78.2 Å². The summed E-state index contributed by atoms with van der Waals surface area (Å²) in [4.78, 5) is 0. The number of nitrogens with zero attached hydrogens (tertiary/aromatic N) is 2. The number of hydrogen-bond donors (Lipinski definition) is 1. The quantitative estimate of drug-likeness (QED) is 0.313. The molecule has 0 aliphatic rings. The van der Waals surface area contributed by atoms with Gasteiger partial charge in [0.25, 0.3) is 0 Å². The molecule has 0 radical (unpaired) electrons. The second-order valence-electron chi connectivity index (χ2n) is 6.53. The zero-order valence-electron chi connectivity index (χ0n) is 16.3. The van der Waals surface area contributed by atoms with Crippen LogP contribution in [0.2, 0.25) is 0 Å². The van der Waals surface area contributed by atoms with Crippen LogP contribution in [0.15, 0.2) is 77.3 Å². The van der Waals surface area contributed by atoms with Crippen molar-refractivity contribution in [3.05, 3.63) is 87.6 Å². The van der Waals surface area contributed by atoms with Gasteiger partial charge in [-0.25, -0.2) is 0 Å². The molecule has 3 aromatic carbocycles. The fraction of sp³-hybridized carbons (Fsp3) is 0.130. The van der Waals surface area contributed by atoms with Crippen LogP contribution < -0.4 is 9.47 Å². The molecule has 0 aliphatic heterocycles. The first-order valence-corrected chi connectivity index (χ1v) is 10.7. The molecule has 0 spiro atoms. The first kappa shape index (κ1) is 20.4. The lowest BCUT2D eigenvalue weighted by molar-refractivity contribution is 0.306. The minimum atomic E-state index is 0.455. The van der Waals surface area contributed by atoms with Crippen molar-refractivity contribution in [3.63, 3.8) is 0 Å². The maximum absolute atomic E-state index is 5.91. The van der Waals surface area contributed by atoms with E-state index in [9.17, 15) is 0 Å². The zero-order valence-corrected chi connectivity index (χ0v) is 18.7. The van der Waals surface area contributed by atoms with Gasteiger partial charge in [0.15, 0.2) is 10.6 Å². The second kappa shape index (κ2) is 9.28. The summed E-state index contributed by atoms with van der Waals surface area (Å²) in [5, 5.41) is 7.39. The molecule has 0 atom stereocenters. The van der Waals surface area contributed by atoms with E-state index in [-0.39, 0.29) is 0 Å². The van der Waals surface area contributed by atoms with Crippen LogP contribution in [0.3, 0.4) is 0 Å². The van der Waals surface area contributed by atoms with Gasteiger partial charge in [0.05, 0.1) is 12.3 Å². The van der Waals surface area contributed by atoms with Gasteiger partial charge in [0, 0.05) is 10.0 Å². The van der Waals surface area contributed by atoms with Gasteiger partial charge in [-0.3, -0.25) is 9.67 Å². The van der Waals surface area contributed by atoms with Crippen LogP contribution in [0.5, 0.6) is 11.5 Å². The van der Waals surface area contributed by atoms with E-state index in [0.29, 0.717) is 18.0 Å². The Morgan fingerprint density at radius 3 is 2.60 bits per heavy atom. The minimum absolute atomic E-state index is 0.455. The third kappa shape index (κ3) is 4.47. The van der Waals surface area contributed by atoms with Crippen LogP contribution in [0.1, 0.15) is 12.5 Å². The molecule has 0 amide bonds. The van der Waals surface area contributed by atoms with Gasteiger partial charge in [-0.05, 0) is 67.2 Å². The minimum Gasteiger partial charge on any atom is -0.492 e. The van der Waals surface area contributed by atoms with Gasteiger partial charge < -0.3 is 9.47 Å². The highest BCUT2D eigenvalue weighted by atomic mass is 79.9. The van der Waals surface area contributed by atoms with Crippen molar-refractivity contribution in [2.24, 2.45) is 0 Å². The van der Waals surface area contributed by atoms with Crippen molar-refractivity contribution in [1.82, 2.24) is 14.8 Å². The number of halogens is 1. The van der Waals surface area contributed by atoms with Crippen molar-refractivity contribution < 1.29 is 9.47 Å². The Morgan fingerprint density at radius 2 is 1.80 bits per heavy atom. The van der Waals surface area contributed by atoms with Crippen LogP contribution in [-0.2, 0) is 6.61 Å². The highest BCUT2D eigenvalue weighted by Gasteiger charge is 2.15. The molecule has 1 heterocycles. The Bertz CT molecular complexity index is 1200. The van der Waals surface area contributed by atoms with Crippen molar-refractivity contribution in [2.75, 3.05) is 6.61 Å². The average molecular weight is 482 g/mol. The Kier molecular flexibility index (Phi) is 6.30. The number of aromatic nitrogens is 3. The molecule has 0 saturated carbocycles. The highest BCUT2D eigenvalue weighted by molar-refractivity contribution is 9.10. The molecule has 1 N–H and O–H groups in total. The van der Waals surface area contributed by atoms with Crippen molar-refractivity contribution >= 4 is 28.1 Å². The van der Waals surface area contributed by atoms with E-state index < -0.39 is 0 Å². The van der Waals surface area contributed by atoms with E-state index in [1.165, 1.54) is 0 Å². The van der Waals surface area contributed by atoms with Crippen LogP contribution >= 0.6 is 28.1 Å². The number of benzene rings is 3. The Hall–Kier alpha value is -2.90. The van der Waals surface area contributed by atoms with E-state index in [4.69, 9.17) is 21.7 Å². The fourth-order valence-corrected chi connectivity index (χ4v) is 3.63. The SMILES string of the molecule is CCOc1ccccc1-n1c(-c2cccc(COc3ccc(Br)cc3)c2)n[nH]c1=S. The molecule has 0 saturated heterocycles. The zero-order chi connectivity index (χ0) is 20.9. The molecule has 0 aliphatic carbocycles. The van der Waals surface area contributed by atoms with Gasteiger partial charge in [0.2, 0.25) is 0 Å². The van der Waals surface area contributed by atoms with E-state index in [0.717, 1.165) is 38.6 Å². The number of H-pyrrole nitrogens is 1. The summed E-state index contributed by atoms with van der Waals surface area (Å²) in [6.07, 6.45) is 0. The second-order valence-corrected chi connectivity index (χ2v) is 7.83. The van der Waals surface area contributed by atoms with E-state index >= 15 is 0 Å². The highest BCUT2D eigenvalue weighted by Crippen LogP contribution is 2.28. The van der Waals surface area contributed by atoms with Gasteiger partial charge in [-0.2, -0.15) is 5.10 Å². The largest absolute Gasteiger partial charge is 0.492 e. The number of nitrogens with one attached hydrogen (secondary N) is 1. The summed E-state index contributed by atoms with van der Waals surface area (Å²) in [5.41, 5.74) is 2.82. The summed E-state index contributed by atoms with van der Waals surface area (Å²) in [7, 11) is 0. The molecule has 4 aromatic rings. The predicted octanol–water partition coefficient (Wildman–Crippen LogP) is 6.34. The van der Waals surface area contributed by atoms with Gasteiger partial charge in [-0.1, -0.05) is 46.3 Å². The molecule has 0 bridgehead atoms. The molecule has 152 valence electrons. The van der Waals surface area contributed by atoms with Crippen LogP contribution in [-0.4, -0.2) is 21.4 Å². The molecule has 30 heavy (non-hydrogen) atoms. The third-order valence-electron chi connectivity index (χ3n) is 4.48. The maximum atomic E-state index is 5.91. The summed E-state index contributed by atoms with van der Waals surface area (Å²) in [5.74, 6) is 2.29. The van der Waals surface area contributed by atoms with Crippen LogP contribution in [0, 0.1) is 4.77 Å². The normalized spacial score (nSPS) is 10.7. The Labute approximate surface area is 188 Å².